The number of hydrogen-bond acceptors (Lipinski definition) is 5. The van der Waals surface area contributed by atoms with E-state index in [1.165, 1.54) is 4.90 Å². The van der Waals surface area contributed by atoms with Gasteiger partial charge in [0.1, 0.15) is 6.61 Å². The second-order valence-electron chi connectivity index (χ2n) is 5.96. The highest BCUT2D eigenvalue weighted by atomic mass is 16.6. The van der Waals surface area contributed by atoms with Crippen LogP contribution in [0, 0.1) is 5.92 Å². The summed E-state index contributed by atoms with van der Waals surface area (Å²) in [6.07, 6.45) is 0.990. The number of aliphatic hydroxyl groups excluding tert-OH is 1. The molecule has 0 spiro atoms. The normalized spacial score (nSPS) is 20.8. The lowest BCUT2D eigenvalue weighted by Gasteiger charge is -2.31. The summed E-state index contributed by atoms with van der Waals surface area (Å²) in [5.41, 5.74) is 0.875. The number of carbonyl (C=O) groups is 2. The predicted molar refractivity (Wildman–Crippen MR) is 92.7 cm³/mol. The molecule has 1 aliphatic heterocycles. The van der Waals surface area contributed by atoms with Crippen LogP contribution in [0.4, 0.5) is 4.79 Å². The van der Waals surface area contributed by atoms with Crippen molar-refractivity contribution >= 4 is 12.1 Å². The maximum atomic E-state index is 12.5. The Bertz CT molecular complexity index is 589. The van der Waals surface area contributed by atoms with Crippen molar-refractivity contribution in [2.75, 3.05) is 13.2 Å². The molecule has 6 nitrogen and oxygen atoms in total. The third kappa shape index (κ3) is 4.82. The largest absolute Gasteiger partial charge is 0.466 e. The molecule has 1 N–H and O–H groups in total. The summed E-state index contributed by atoms with van der Waals surface area (Å²) in [6, 6.07) is 8.68. The summed E-state index contributed by atoms with van der Waals surface area (Å²) < 4.78 is 10.5. The van der Waals surface area contributed by atoms with Crippen molar-refractivity contribution in [1.82, 2.24) is 4.90 Å². The van der Waals surface area contributed by atoms with E-state index >= 15 is 0 Å². The maximum Gasteiger partial charge on any atom is 0.410 e. The Balaban J connectivity index is 2.07. The van der Waals surface area contributed by atoms with Gasteiger partial charge in [-0.05, 0) is 25.3 Å². The van der Waals surface area contributed by atoms with Gasteiger partial charge in [0.25, 0.3) is 0 Å². The number of hydrogen-bond donors (Lipinski definition) is 1. The topological polar surface area (TPSA) is 76.1 Å². The van der Waals surface area contributed by atoms with Gasteiger partial charge in [-0.1, -0.05) is 36.4 Å². The number of amides is 1. The van der Waals surface area contributed by atoms with Crippen molar-refractivity contribution in [3.63, 3.8) is 0 Å². The van der Waals surface area contributed by atoms with E-state index in [1.54, 1.807) is 13.0 Å². The fraction of sp³-hybridized carbons (Fsp3) is 0.474. The maximum absolute atomic E-state index is 12.5. The van der Waals surface area contributed by atoms with E-state index < -0.39 is 30.1 Å². The third-order valence-corrected chi connectivity index (χ3v) is 4.28. The molecule has 2 rings (SSSR count). The summed E-state index contributed by atoms with van der Waals surface area (Å²) in [5, 5.41) is 10.3. The van der Waals surface area contributed by atoms with Crippen LogP contribution >= 0.6 is 0 Å². The van der Waals surface area contributed by atoms with E-state index in [0.29, 0.717) is 19.4 Å². The van der Waals surface area contributed by atoms with Gasteiger partial charge in [-0.2, -0.15) is 0 Å². The molecule has 25 heavy (non-hydrogen) atoms. The number of nitrogens with zero attached hydrogens (tertiary/aromatic N) is 1. The first-order chi connectivity index (χ1) is 12.1. The lowest BCUT2D eigenvalue weighted by Crippen LogP contribution is -2.47. The molecule has 3 atom stereocenters. The van der Waals surface area contributed by atoms with Crippen molar-refractivity contribution in [1.29, 1.82) is 0 Å². The Morgan fingerprint density at radius 1 is 1.36 bits per heavy atom. The van der Waals surface area contributed by atoms with Gasteiger partial charge in [-0.3, -0.25) is 4.79 Å². The molecule has 0 unspecified atom stereocenters. The molecular formula is C19H25NO5. The highest BCUT2D eigenvalue weighted by Gasteiger charge is 2.44. The molecule has 1 aromatic rings. The van der Waals surface area contributed by atoms with Crippen LogP contribution < -0.4 is 0 Å². The molecule has 1 heterocycles. The number of likely N-dealkylation sites (tertiary alicyclic amines) is 1. The Kier molecular flexibility index (Phi) is 7.01. The molecule has 0 saturated carbocycles. The molecule has 0 aromatic heterocycles. The van der Waals surface area contributed by atoms with Gasteiger partial charge in [0.15, 0.2) is 0 Å². The second kappa shape index (κ2) is 9.22. The minimum Gasteiger partial charge on any atom is -0.466 e. The van der Waals surface area contributed by atoms with Crippen LogP contribution in [-0.4, -0.2) is 47.4 Å². The SMILES string of the molecule is C=CC[C@@H](C(=O)OCC)[C@@H]1[C@@H](O)CCN1C(=O)OCc1ccccc1. The first-order valence-corrected chi connectivity index (χ1v) is 8.51. The van der Waals surface area contributed by atoms with E-state index in [9.17, 15) is 14.7 Å². The molecule has 1 fully saturated rings. The zero-order valence-corrected chi connectivity index (χ0v) is 14.5. The molecule has 0 aliphatic carbocycles. The minimum absolute atomic E-state index is 0.143. The standard InChI is InChI=1S/C19H25NO5/c1-3-8-15(18(22)24-4-2)17-16(21)11-12-20(17)19(23)25-13-14-9-6-5-7-10-14/h3,5-7,9-10,15-17,21H,1,4,8,11-13H2,2H3/t15-,16+,17-/m1/s1. The van der Waals surface area contributed by atoms with Gasteiger partial charge in [0.2, 0.25) is 0 Å². The highest BCUT2D eigenvalue weighted by Crippen LogP contribution is 2.29. The summed E-state index contributed by atoms with van der Waals surface area (Å²) in [4.78, 5) is 26.2. The molecule has 0 radical (unpaired) electrons. The van der Waals surface area contributed by atoms with Crippen LogP contribution in [0.25, 0.3) is 0 Å². The highest BCUT2D eigenvalue weighted by molar-refractivity contribution is 5.76. The number of esters is 1. The first kappa shape index (κ1) is 19.0. The van der Waals surface area contributed by atoms with Crippen molar-refractivity contribution in [2.45, 2.75) is 38.5 Å². The number of allylic oxidation sites excluding steroid dienone is 1. The molecule has 0 bridgehead atoms. The second-order valence-corrected chi connectivity index (χ2v) is 5.96. The smallest absolute Gasteiger partial charge is 0.410 e. The van der Waals surface area contributed by atoms with Crippen LogP contribution in [0.3, 0.4) is 0 Å². The number of aliphatic hydroxyl groups is 1. The molecule has 136 valence electrons. The van der Waals surface area contributed by atoms with Crippen LogP contribution in [0.15, 0.2) is 43.0 Å². The fourth-order valence-corrected chi connectivity index (χ4v) is 3.10. The first-order valence-electron chi connectivity index (χ1n) is 8.51. The lowest BCUT2D eigenvalue weighted by molar-refractivity contribution is -0.151. The Labute approximate surface area is 148 Å². The Morgan fingerprint density at radius 3 is 2.72 bits per heavy atom. The quantitative estimate of drug-likeness (QED) is 0.606. The van der Waals surface area contributed by atoms with Crippen LogP contribution in [0.5, 0.6) is 0 Å². The molecule has 6 heteroatoms. The molecule has 1 amide bonds. The summed E-state index contributed by atoms with van der Waals surface area (Å²) >= 11 is 0. The van der Waals surface area contributed by atoms with E-state index in [4.69, 9.17) is 9.47 Å². The van der Waals surface area contributed by atoms with Gasteiger partial charge in [0.05, 0.1) is 24.7 Å². The number of ether oxygens (including phenoxy) is 2. The summed E-state index contributed by atoms with van der Waals surface area (Å²) in [7, 11) is 0. The molecule has 1 aromatic carbocycles. The van der Waals surface area contributed by atoms with Crippen LogP contribution in [0.1, 0.15) is 25.3 Å². The van der Waals surface area contributed by atoms with Crippen LogP contribution in [-0.2, 0) is 20.9 Å². The van der Waals surface area contributed by atoms with Crippen LogP contribution in [0.2, 0.25) is 0 Å². The van der Waals surface area contributed by atoms with Crippen molar-refractivity contribution < 1.29 is 24.2 Å². The van der Waals surface area contributed by atoms with Gasteiger partial charge in [0, 0.05) is 6.54 Å². The number of rotatable bonds is 7. The fourth-order valence-electron chi connectivity index (χ4n) is 3.10. The molecular weight excluding hydrogens is 322 g/mol. The van der Waals surface area contributed by atoms with E-state index in [0.717, 1.165) is 5.56 Å². The van der Waals surface area contributed by atoms with Crippen molar-refractivity contribution in [3.8, 4) is 0 Å². The number of carbonyl (C=O) groups excluding carboxylic acids is 2. The zero-order chi connectivity index (χ0) is 18.2. The van der Waals surface area contributed by atoms with Crippen molar-refractivity contribution in [2.24, 2.45) is 5.92 Å². The minimum atomic E-state index is -0.793. The van der Waals surface area contributed by atoms with Gasteiger partial charge in [-0.15, -0.1) is 6.58 Å². The van der Waals surface area contributed by atoms with Gasteiger partial charge in [-0.25, -0.2) is 4.79 Å². The van der Waals surface area contributed by atoms with E-state index in [1.807, 2.05) is 30.3 Å². The zero-order valence-electron chi connectivity index (χ0n) is 14.5. The van der Waals surface area contributed by atoms with Gasteiger partial charge >= 0.3 is 12.1 Å². The number of benzene rings is 1. The van der Waals surface area contributed by atoms with Gasteiger partial charge < -0.3 is 19.5 Å². The van der Waals surface area contributed by atoms with E-state index in [-0.39, 0.29) is 13.2 Å². The Hall–Kier alpha value is -2.34. The lowest BCUT2D eigenvalue weighted by atomic mass is 9.92. The average Bonchev–Trinajstić information content (AvgIpc) is 3.00. The predicted octanol–water partition coefficient (Wildman–Crippen LogP) is 2.51. The molecule has 1 aliphatic rings. The average molecular weight is 347 g/mol. The Morgan fingerprint density at radius 2 is 2.08 bits per heavy atom. The van der Waals surface area contributed by atoms with E-state index in [2.05, 4.69) is 6.58 Å². The summed E-state index contributed by atoms with van der Waals surface area (Å²) in [5.74, 6) is -1.09. The van der Waals surface area contributed by atoms with Crippen molar-refractivity contribution in [3.05, 3.63) is 48.6 Å². The monoisotopic (exact) mass is 347 g/mol. The third-order valence-electron chi connectivity index (χ3n) is 4.28. The molecule has 1 saturated heterocycles. The summed E-state index contributed by atoms with van der Waals surface area (Å²) in [6.45, 7) is 6.11.